The molecule has 4 rings (SSSR count). The smallest absolute Gasteiger partial charge is 0.260 e. The lowest BCUT2D eigenvalue weighted by Crippen LogP contribution is -2.38. The van der Waals surface area contributed by atoms with Crippen LogP contribution in [0.4, 0.5) is 0 Å². The third-order valence-corrected chi connectivity index (χ3v) is 6.98. The number of fused-ring (bicyclic) bond motifs is 1. The topological polar surface area (TPSA) is 83.4 Å². The highest BCUT2D eigenvalue weighted by Gasteiger charge is 2.31. The van der Waals surface area contributed by atoms with Gasteiger partial charge in [-0.25, -0.2) is 13.4 Å². The highest BCUT2D eigenvalue weighted by Crippen LogP contribution is 2.33. The highest BCUT2D eigenvalue weighted by atomic mass is 32.2. The predicted molar refractivity (Wildman–Crippen MR) is 103 cm³/mol. The normalized spacial score (nSPS) is 16.6. The SMILES string of the molecule is Cc1ncc(O)cc1C1CCN(S(=O)(=O)c2ccc3ccccc3n2)CC1. The summed E-state index contributed by atoms with van der Waals surface area (Å²) in [6.07, 6.45) is 2.82. The number of aromatic hydroxyl groups is 1. The minimum absolute atomic E-state index is 0.0925. The summed E-state index contributed by atoms with van der Waals surface area (Å²) in [6.45, 7) is 2.77. The van der Waals surface area contributed by atoms with Crippen LogP contribution in [0.1, 0.15) is 30.0 Å². The number of hydrogen-bond acceptors (Lipinski definition) is 5. The molecule has 0 spiro atoms. The zero-order valence-corrected chi connectivity index (χ0v) is 15.9. The molecule has 27 heavy (non-hydrogen) atoms. The number of rotatable bonds is 3. The Morgan fingerprint density at radius 2 is 1.85 bits per heavy atom. The van der Waals surface area contributed by atoms with Crippen LogP contribution in [0.25, 0.3) is 10.9 Å². The van der Waals surface area contributed by atoms with Crippen LogP contribution in [-0.2, 0) is 10.0 Å². The summed E-state index contributed by atoms with van der Waals surface area (Å²) >= 11 is 0. The first-order valence-electron chi connectivity index (χ1n) is 8.96. The summed E-state index contributed by atoms with van der Waals surface area (Å²) in [5.74, 6) is 0.339. The Balaban J connectivity index is 1.55. The van der Waals surface area contributed by atoms with E-state index in [0.29, 0.717) is 31.4 Å². The second-order valence-electron chi connectivity index (χ2n) is 6.89. The zero-order chi connectivity index (χ0) is 19.0. The third kappa shape index (κ3) is 3.40. The number of nitrogens with zero attached hydrogens (tertiary/aromatic N) is 3. The summed E-state index contributed by atoms with van der Waals surface area (Å²) in [7, 11) is -3.62. The summed E-state index contributed by atoms with van der Waals surface area (Å²) in [4.78, 5) is 8.56. The molecule has 7 heteroatoms. The molecule has 0 bridgehead atoms. The van der Waals surface area contributed by atoms with Crippen molar-refractivity contribution in [3.05, 3.63) is 59.9 Å². The van der Waals surface area contributed by atoms with Gasteiger partial charge in [0.1, 0.15) is 5.75 Å². The molecule has 1 N–H and O–H groups in total. The van der Waals surface area contributed by atoms with E-state index in [9.17, 15) is 13.5 Å². The zero-order valence-electron chi connectivity index (χ0n) is 15.0. The second kappa shape index (κ2) is 6.90. The first-order chi connectivity index (χ1) is 12.9. The number of benzene rings is 1. The van der Waals surface area contributed by atoms with Crippen LogP contribution < -0.4 is 0 Å². The standard InChI is InChI=1S/C20H21N3O3S/c1-14-18(12-17(24)13-21-14)15-8-10-23(11-9-15)27(25,26)20-7-6-16-4-2-3-5-19(16)22-20/h2-7,12-13,15,24H,8-11H2,1H3. The molecule has 0 aliphatic carbocycles. The molecular weight excluding hydrogens is 362 g/mol. The van der Waals surface area contributed by atoms with Crippen molar-refractivity contribution in [3.8, 4) is 5.75 Å². The van der Waals surface area contributed by atoms with Crippen molar-refractivity contribution in [2.45, 2.75) is 30.7 Å². The molecule has 0 radical (unpaired) electrons. The fourth-order valence-electron chi connectivity index (χ4n) is 3.68. The number of hydrogen-bond donors (Lipinski definition) is 1. The summed E-state index contributed by atoms with van der Waals surface area (Å²) < 4.78 is 27.5. The van der Waals surface area contributed by atoms with Gasteiger partial charge in [0.05, 0.1) is 11.7 Å². The van der Waals surface area contributed by atoms with Gasteiger partial charge in [-0.2, -0.15) is 4.31 Å². The Hall–Kier alpha value is -2.51. The molecule has 0 saturated carbocycles. The van der Waals surface area contributed by atoms with Crippen LogP contribution in [0, 0.1) is 6.92 Å². The van der Waals surface area contributed by atoms with E-state index in [4.69, 9.17) is 0 Å². The monoisotopic (exact) mass is 383 g/mol. The number of aromatic nitrogens is 2. The van der Waals surface area contributed by atoms with E-state index in [0.717, 1.165) is 16.6 Å². The van der Waals surface area contributed by atoms with E-state index in [1.54, 1.807) is 18.2 Å². The molecule has 1 fully saturated rings. The summed E-state index contributed by atoms with van der Waals surface area (Å²) in [5.41, 5.74) is 2.55. The summed E-state index contributed by atoms with van der Waals surface area (Å²) in [6, 6.07) is 12.6. The van der Waals surface area contributed by atoms with Gasteiger partial charge in [0, 0.05) is 24.2 Å². The largest absolute Gasteiger partial charge is 0.506 e. The lowest BCUT2D eigenvalue weighted by molar-refractivity contribution is 0.317. The van der Waals surface area contributed by atoms with E-state index in [-0.39, 0.29) is 16.7 Å². The average molecular weight is 383 g/mol. The number of aryl methyl sites for hydroxylation is 1. The first-order valence-corrected chi connectivity index (χ1v) is 10.4. The fraction of sp³-hybridized carbons (Fsp3) is 0.300. The maximum Gasteiger partial charge on any atom is 0.260 e. The Kier molecular flexibility index (Phi) is 4.57. The molecule has 3 aromatic rings. The lowest BCUT2D eigenvalue weighted by Gasteiger charge is -2.31. The molecule has 1 aliphatic rings. The number of pyridine rings is 2. The molecule has 1 aliphatic heterocycles. The van der Waals surface area contributed by atoms with Crippen LogP contribution in [0.3, 0.4) is 0 Å². The van der Waals surface area contributed by atoms with E-state index in [1.807, 2.05) is 31.2 Å². The Bertz CT molecular complexity index is 1090. The van der Waals surface area contributed by atoms with E-state index < -0.39 is 10.0 Å². The van der Waals surface area contributed by atoms with Gasteiger partial charge in [-0.1, -0.05) is 18.2 Å². The van der Waals surface area contributed by atoms with E-state index >= 15 is 0 Å². The van der Waals surface area contributed by atoms with Gasteiger partial charge in [0.15, 0.2) is 5.03 Å². The quantitative estimate of drug-likeness (QED) is 0.751. The predicted octanol–water partition coefficient (Wildman–Crippen LogP) is 3.21. The van der Waals surface area contributed by atoms with E-state index in [1.165, 1.54) is 10.5 Å². The van der Waals surface area contributed by atoms with E-state index in [2.05, 4.69) is 9.97 Å². The van der Waals surface area contributed by atoms with Crippen molar-refractivity contribution >= 4 is 20.9 Å². The molecule has 2 aromatic heterocycles. The van der Waals surface area contributed by atoms with Crippen LogP contribution in [0.2, 0.25) is 0 Å². The Morgan fingerprint density at radius 3 is 2.63 bits per heavy atom. The second-order valence-corrected chi connectivity index (χ2v) is 8.77. The highest BCUT2D eigenvalue weighted by molar-refractivity contribution is 7.89. The van der Waals surface area contributed by atoms with Gasteiger partial charge >= 0.3 is 0 Å². The Labute approximate surface area is 158 Å². The molecule has 0 amide bonds. The molecule has 1 aromatic carbocycles. The maximum atomic E-state index is 13.0. The van der Waals surface area contributed by atoms with Crippen LogP contribution >= 0.6 is 0 Å². The lowest BCUT2D eigenvalue weighted by atomic mass is 9.89. The van der Waals surface area contributed by atoms with Crippen molar-refractivity contribution in [3.63, 3.8) is 0 Å². The molecule has 0 unspecified atom stereocenters. The average Bonchev–Trinajstić information content (AvgIpc) is 2.69. The van der Waals surface area contributed by atoms with Gasteiger partial charge < -0.3 is 5.11 Å². The summed E-state index contributed by atoms with van der Waals surface area (Å²) in [5, 5.41) is 10.7. The number of piperidine rings is 1. The van der Waals surface area contributed by atoms with Crippen molar-refractivity contribution in [1.29, 1.82) is 0 Å². The molecule has 140 valence electrons. The van der Waals surface area contributed by atoms with Gasteiger partial charge in [-0.3, -0.25) is 4.98 Å². The van der Waals surface area contributed by atoms with Crippen LogP contribution in [-0.4, -0.2) is 40.9 Å². The van der Waals surface area contributed by atoms with Gasteiger partial charge in [-0.05, 0) is 55.5 Å². The number of para-hydroxylation sites is 1. The fourth-order valence-corrected chi connectivity index (χ4v) is 5.09. The minimum Gasteiger partial charge on any atom is -0.506 e. The van der Waals surface area contributed by atoms with Crippen LogP contribution in [0.5, 0.6) is 5.75 Å². The van der Waals surface area contributed by atoms with Gasteiger partial charge in [0.2, 0.25) is 0 Å². The van der Waals surface area contributed by atoms with Crippen molar-refractivity contribution in [1.82, 2.24) is 14.3 Å². The molecule has 3 heterocycles. The molecule has 6 nitrogen and oxygen atoms in total. The van der Waals surface area contributed by atoms with Crippen molar-refractivity contribution in [2.24, 2.45) is 0 Å². The molecule has 1 saturated heterocycles. The first kappa shape index (κ1) is 17.9. The molecule has 0 atom stereocenters. The number of sulfonamides is 1. The maximum absolute atomic E-state index is 13.0. The van der Waals surface area contributed by atoms with Crippen molar-refractivity contribution < 1.29 is 13.5 Å². The molecular formula is C20H21N3O3S. The van der Waals surface area contributed by atoms with Crippen molar-refractivity contribution in [2.75, 3.05) is 13.1 Å². The van der Waals surface area contributed by atoms with Crippen LogP contribution in [0.15, 0.2) is 53.7 Å². The van der Waals surface area contributed by atoms with Gasteiger partial charge in [-0.15, -0.1) is 0 Å². The minimum atomic E-state index is -3.62. The Morgan fingerprint density at radius 1 is 1.11 bits per heavy atom. The van der Waals surface area contributed by atoms with Gasteiger partial charge in [0.25, 0.3) is 10.0 Å². The third-order valence-electron chi connectivity index (χ3n) is 5.18.